The molecule has 2 unspecified atom stereocenters. The molecule has 0 amide bonds. The molecule has 0 radical (unpaired) electrons. The van der Waals surface area contributed by atoms with E-state index in [1.807, 2.05) is 21.1 Å². The molecular weight excluding hydrogens is 794 g/mol. The molecule has 364 valence electrons. The summed E-state index contributed by atoms with van der Waals surface area (Å²) in [4.78, 5) is 23.0. The maximum atomic E-state index is 12.7. The van der Waals surface area contributed by atoms with Gasteiger partial charge in [0.25, 0.3) is 0 Å². The van der Waals surface area contributed by atoms with Crippen LogP contribution in [0.4, 0.5) is 0 Å². The Bertz CT molecular complexity index is 1130. The van der Waals surface area contributed by atoms with Crippen molar-refractivity contribution in [3.63, 3.8) is 0 Å². The third kappa shape index (κ3) is 49.5. The number of hydrogen-bond donors (Lipinski definition) is 1. The van der Waals surface area contributed by atoms with Crippen molar-refractivity contribution >= 4 is 13.8 Å². The molecule has 0 fully saturated rings. The van der Waals surface area contributed by atoms with E-state index in [1.165, 1.54) is 135 Å². The van der Waals surface area contributed by atoms with Crippen LogP contribution in [0.15, 0.2) is 48.6 Å². The number of nitrogens with zero attached hydrogens (tertiary/aromatic N) is 1. The lowest BCUT2D eigenvalue weighted by atomic mass is 10.0. The first-order chi connectivity index (χ1) is 30.1. The predicted molar refractivity (Wildman–Crippen MR) is 266 cm³/mol. The number of likely N-dealkylation sites (N-methyl/N-ethyl adjacent to an activating group) is 1. The number of hydrogen-bond acceptors (Lipinski definition) is 6. The molecule has 0 aliphatic rings. The van der Waals surface area contributed by atoms with Gasteiger partial charge in [-0.2, -0.15) is 0 Å². The zero-order valence-corrected chi connectivity index (χ0v) is 42.3. The molecule has 0 aromatic rings. The zero-order chi connectivity index (χ0) is 45.5. The molecular formula is C53H101NO7P+. The van der Waals surface area contributed by atoms with Crippen molar-refractivity contribution in [1.29, 1.82) is 0 Å². The number of unbranched alkanes of at least 4 members (excludes halogenated alkanes) is 26. The molecule has 0 bridgehead atoms. The molecule has 8 nitrogen and oxygen atoms in total. The van der Waals surface area contributed by atoms with Crippen molar-refractivity contribution in [2.24, 2.45) is 0 Å². The van der Waals surface area contributed by atoms with E-state index in [1.54, 1.807) is 0 Å². The Hall–Kier alpha value is -1.54. The average Bonchev–Trinajstić information content (AvgIpc) is 3.23. The molecule has 9 heteroatoms. The van der Waals surface area contributed by atoms with Crippen molar-refractivity contribution in [2.45, 2.75) is 232 Å². The van der Waals surface area contributed by atoms with Crippen LogP contribution in [0.3, 0.4) is 0 Å². The van der Waals surface area contributed by atoms with E-state index in [0.717, 1.165) is 70.6 Å². The lowest BCUT2D eigenvalue weighted by Gasteiger charge is -2.24. The number of carbonyl (C=O) groups excluding carboxylic acids is 1. The van der Waals surface area contributed by atoms with E-state index in [-0.39, 0.29) is 25.8 Å². The number of quaternary nitrogens is 1. The summed E-state index contributed by atoms with van der Waals surface area (Å²) in [6, 6.07) is 0. The minimum Gasteiger partial charge on any atom is -0.457 e. The molecule has 0 aliphatic carbocycles. The van der Waals surface area contributed by atoms with Gasteiger partial charge in [0, 0.05) is 13.0 Å². The Morgan fingerprint density at radius 2 is 0.935 bits per heavy atom. The summed E-state index contributed by atoms with van der Waals surface area (Å²) in [6.45, 7) is 5.51. The van der Waals surface area contributed by atoms with Crippen molar-refractivity contribution in [3.8, 4) is 0 Å². The molecule has 0 aliphatic heterocycles. The maximum absolute atomic E-state index is 12.7. The first-order valence-corrected chi connectivity index (χ1v) is 27.4. The molecule has 1 N–H and O–H groups in total. The highest BCUT2D eigenvalue weighted by Gasteiger charge is 2.26. The van der Waals surface area contributed by atoms with Gasteiger partial charge in [-0.25, -0.2) is 4.57 Å². The van der Waals surface area contributed by atoms with E-state index in [2.05, 4.69) is 62.5 Å². The van der Waals surface area contributed by atoms with E-state index < -0.39 is 13.9 Å². The lowest BCUT2D eigenvalue weighted by Crippen LogP contribution is -2.37. The summed E-state index contributed by atoms with van der Waals surface area (Å²) >= 11 is 0. The molecule has 62 heavy (non-hydrogen) atoms. The third-order valence-corrected chi connectivity index (χ3v) is 12.1. The molecule has 0 aromatic carbocycles. The normalized spacial score (nSPS) is 14.0. The smallest absolute Gasteiger partial charge is 0.457 e. The van der Waals surface area contributed by atoms with E-state index >= 15 is 0 Å². The molecule has 0 saturated heterocycles. The number of carbonyl (C=O) groups is 1. The molecule has 0 heterocycles. The molecule has 0 spiro atoms. The van der Waals surface area contributed by atoms with Gasteiger partial charge >= 0.3 is 13.8 Å². The summed E-state index contributed by atoms with van der Waals surface area (Å²) in [5.41, 5.74) is 0. The fourth-order valence-corrected chi connectivity index (χ4v) is 7.93. The molecule has 0 rings (SSSR count). The minimum atomic E-state index is -4.29. The SMILES string of the molecule is CC/C=C\C/C=C\C/C=C\C/C=C\CCCCCCC(=O)OC(COCCCCCCCCCCCCCCCCCCCCCCCCC)COP(=O)(O)OCC[N+](C)(C)C. The predicted octanol–water partition coefficient (Wildman–Crippen LogP) is 15.9. The second-order valence-corrected chi connectivity index (χ2v) is 20.0. The van der Waals surface area contributed by atoms with Gasteiger partial charge in [-0.1, -0.05) is 217 Å². The third-order valence-electron chi connectivity index (χ3n) is 11.2. The summed E-state index contributed by atoms with van der Waals surface area (Å²) in [5, 5.41) is 0. The summed E-state index contributed by atoms with van der Waals surface area (Å²) in [5.74, 6) is -0.334. The van der Waals surface area contributed by atoms with Crippen LogP contribution in [0.2, 0.25) is 0 Å². The van der Waals surface area contributed by atoms with Crippen molar-refractivity contribution in [1.82, 2.24) is 0 Å². The summed E-state index contributed by atoms with van der Waals surface area (Å²) < 4.78 is 35.1. The fraction of sp³-hybridized carbons (Fsp3) is 0.830. The Labute approximate surface area is 384 Å². The van der Waals surface area contributed by atoms with Crippen LogP contribution in [0, 0.1) is 0 Å². The van der Waals surface area contributed by atoms with Gasteiger partial charge in [-0.15, -0.1) is 0 Å². The Morgan fingerprint density at radius 3 is 1.40 bits per heavy atom. The van der Waals surface area contributed by atoms with Crippen LogP contribution in [-0.2, 0) is 27.9 Å². The van der Waals surface area contributed by atoms with Gasteiger partial charge in [-0.3, -0.25) is 13.8 Å². The average molecular weight is 895 g/mol. The van der Waals surface area contributed by atoms with Crippen LogP contribution in [0.5, 0.6) is 0 Å². The number of ether oxygens (including phenoxy) is 2. The number of allylic oxidation sites excluding steroid dienone is 8. The number of phosphoric acid groups is 1. The lowest BCUT2D eigenvalue weighted by molar-refractivity contribution is -0.870. The monoisotopic (exact) mass is 895 g/mol. The second-order valence-electron chi connectivity index (χ2n) is 18.5. The largest absolute Gasteiger partial charge is 0.472 e. The van der Waals surface area contributed by atoms with Gasteiger partial charge in [0.2, 0.25) is 0 Å². The van der Waals surface area contributed by atoms with Crippen LogP contribution in [0.25, 0.3) is 0 Å². The van der Waals surface area contributed by atoms with Crippen LogP contribution >= 0.6 is 7.82 Å². The van der Waals surface area contributed by atoms with Crippen LogP contribution in [-0.4, -0.2) is 75.6 Å². The van der Waals surface area contributed by atoms with Crippen molar-refractivity contribution < 1.29 is 37.3 Å². The summed E-state index contributed by atoms with van der Waals surface area (Å²) in [6.07, 6.45) is 57.4. The van der Waals surface area contributed by atoms with E-state index in [9.17, 15) is 14.3 Å². The molecule has 0 aromatic heterocycles. The first-order valence-electron chi connectivity index (χ1n) is 25.9. The van der Waals surface area contributed by atoms with Gasteiger partial charge in [0.1, 0.15) is 19.3 Å². The maximum Gasteiger partial charge on any atom is 0.472 e. The molecule has 2 atom stereocenters. The second kappa shape index (κ2) is 46.0. The number of rotatable bonds is 48. The van der Waals surface area contributed by atoms with Gasteiger partial charge in [0.15, 0.2) is 0 Å². The fourth-order valence-electron chi connectivity index (χ4n) is 7.19. The number of phosphoric ester groups is 1. The van der Waals surface area contributed by atoms with Crippen molar-refractivity contribution in [3.05, 3.63) is 48.6 Å². The van der Waals surface area contributed by atoms with Gasteiger partial charge in [-0.05, 0) is 51.4 Å². The molecule has 0 saturated carbocycles. The Morgan fingerprint density at radius 1 is 0.516 bits per heavy atom. The highest BCUT2D eigenvalue weighted by molar-refractivity contribution is 7.47. The topological polar surface area (TPSA) is 91.3 Å². The first kappa shape index (κ1) is 60.5. The Kier molecular flexibility index (Phi) is 44.9. The van der Waals surface area contributed by atoms with Crippen molar-refractivity contribution in [2.75, 3.05) is 54.1 Å². The van der Waals surface area contributed by atoms with E-state index in [4.69, 9.17) is 18.5 Å². The quantitative estimate of drug-likeness (QED) is 0.0214. The number of esters is 1. The highest BCUT2D eigenvalue weighted by atomic mass is 31.2. The van der Waals surface area contributed by atoms with Gasteiger partial charge < -0.3 is 18.9 Å². The summed E-state index contributed by atoms with van der Waals surface area (Å²) in [7, 11) is 1.65. The van der Waals surface area contributed by atoms with Crippen LogP contribution in [0.1, 0.15) is 226 Å². The zero-order valence-electron chi connectivity index (χ0n) is 41.4. The standard InChI is InChI=1S/C53H100NO7P/c1-6-8-10-12-14-16-18-20-22-24-25-26-27-28-29-31-33-35-37-39-41-43-45-48-58-50-52(51-60-62(56,57)59-49-47-54(3,4)5)61-53(55)46-44-42-40-38-36-34-32-30-23-21-19-17-15-13-11-9-7-2/h9,11,15,17,21,23,32,34,52H,6-8,10,12-14,16,18-20,22,24-31,33,35-51H2,1-5H3/p+1/b11-9-,17-15-,23-21-,34-32-. The van der Waals surface area contributed by atoms with E-state index in [0.29, 0.717) is 24.1 Å². The van der Waals surface area contributed by atoms with Gasteiger partial charge in [0.05, 0.1) is 34.4 Å². The minimum absolute atomic E-state index is 0.0834. The van der Waals surface area contributed by atoms with Crippen LogP contribution < -0.4 is 0 Å². The Balaban J connectivity index is 4.12. The highest BCUT2D eigenvalue weighted by Crippen LogP contribution is 2.43.